The molecule has 2 N–H and O–H groups in total. The van der Waals surface area contributed by atoms with Crippen LogP contribution in [0.1, 0.15) is 56.5 Å². The Balaban J connectivity index is 1.59. The highest BCUT2D eigenvalue weighted by atomic mass is 19.1. The van der Waals surface area contributed by atoms with Gasteiger partial charge in [0.15, 0.2) is 11.7 Å². The van der Waals surface area contributed by atoms with E-state index in [1.807, 2.05) is 30.0 Å². The van der Waals surface area contributed by atoms with Gasteiger partial charge >= 0.3 is 0 Å². The number of hydrogen-bond donors (Lipinski definition) is 2. The third-order valence-corrected chi connectivity index (χ3v) is 5.54. The van der Waals surface area contributed by atoms with Crippen molar-refractivity contribution < 1.29 is 13.7 Å². The third-order valence-electron chi connectivity index (χ3n) is 5.54. The Morgan fingerprint density at radius 2 is 1.94 bits per heavy atom. The molecule has 3 rings (SSSR count). The van der Waals surface area contributed by atoms with E-state index in [1.54, 1.807) is 6.07 Å². The van der Waals surface area contributed by atoms with Gasteiger partial charge in [0.05, 0.1) is 37.7 Å². The van der Waals surface area contributed by atoms with E-state index in [2.05, 4.69) is 34.6 Å². The van der Waals surface area contributed by atoms with E-state index in [0.29, 0.717) is 57.0 Å². The van der Waals surface area contributed by atoms with Crippen molar-refractivity contribution in [2.45, 2.75) is 52.6 Å². The quantitative estimate of drug-likeness (QED) is 0.465. The molecule has 0 aliphatic carbocycles. The number of nitrogens with one attached hydrogen (secondary N) is 2. The summed E-state index contributed by atoms with van der Waals surface area (Å²) < 4.78 is 25.4. The maximum Gasteiger partial charge on any atom is 0.191 e. The molecule has 1 saturated heterocycles. The first kappa shape index (κ1) is 23.1. The maximum atomic E-state index is 14.6. The molecule has 0 unspecified atom stereocenters. The molecule has 1 fully saturated rings. The number of morpholine rings is 1. The summed E-state index contributed by atoms with van der Waals surface area (Å²) in [5, 5.41) is 10.7. The van der Waals surface area contributed by atoms with Crippen molar-refractivity contribution in [3.63, 3.8) is 0 Å². The van der Waals surface area contributed by atoms with Crippen molar-refractivity contribution in [3.8, 4) is 0 Å². The monoisotopic (exact) mass is 431 g/mol. The van der Waals surface area contributed by atoms with Gasteiger partial charge in [-0.15, -0.1) is 0 Å². The van der Waals surface area contributed by atoms with Gasteiger partial charge < -0.3 is 24.8 Å². The molecule has 1 aliphatic rings. The van der Waals surface area contributed by atoms with Crippen molar-refractivity contribution in [1.29, 1.82) is 0 Å². The summed E-state index contributed by atoms with van der Waals surface area (Å²) in [4.78, 5) is 6.61. The van der Waals surface area contributed by atoms with Crippen LogP contribution >= 0.6 is 0 Å². The Kier molecular flexibility index (Phi) is 8.70. The molecule has 1 aliphatic heterocycles. The van der Waals surface area contributed by atoms with E-state index in [4.69, 9.17) is 9.26 Å². The third kappa shape index (κ3) is 6.43. The minimum Gasteiger partial charge on any atom is -0.378 e. The largest absolute Gasteiger partial charge is 0.378 e. The van der Waals surface area contributed by atoms with Crippen LogP contribution in [0.3, 0.4) is 0 Å². The second-order valence-electron chi connectivity index (χ2n) is 7.67. The van der Waals surface area contributed by atoms with Crippen LogP contribution in [0.4, 0.5) is 10.1 Å². The summed E-state index contributed by atoms with van der Waals surface area (Å²) in [5.41, 5.74) is 2.45. The maximum absolute atomic E-state index is 14.6. The smallest absolute Gasteiger partial charge is 0.191 e. The first-order chi connectivity index (χ1) is 15.1. The summed E-state index contributed by atoms with van der Waals surface area (Å²) in [6.45, 7) is 10.6. The van der Waals surface area contributed by atoms with Crippen molar-refractivity contribution in [3.05, 3.63) is 47.1 Å². The van der Waals surface area contributed by atoms with Crippen LogP contribution < -0.4 is 15.5 Å². The van der Waals surface area contributed by atoms with E-state index < -0.39 is 0 Å². The summed E-state index contributed by atoms with van der Waals surface area (Å²) in [5.74, 6) is 1.63. The number of rotatable bonds is 9. The van der Waals surface area contributed by atoms with Crippen LogP contribution in [0.5, 0.6) is 0 Å². The summed E-state index contributed by atoms with van der Waals surface area (Å²) in [6.07, 6.45) is 2.09. The summed E-state index contributed by atoms with van der Waals surface area (Å²) >= 11 is 0. The molecule has 0 bridgehead atoms. The number of anilines is 1. The lowest BCUT2D eigenvalue weighted by Gasteiger charge is -2.29. The average Bonchev–Trinajstić information content (AvgIpc) is 3.26. The molecule has 8 heteroatoms. The Morgan fingerprint density at radius 3 is 2.61 bits per heavy atom. The van der Waals surface area contributed by atoms with Crippen molar-refractivity contribution >= 4 is 11.6 Å². The number of aliphatic imine (C=N–C) groups is 1. The van der Waals surface area contributed by atoms with Gasteiger partial charge in [0.25, 0.3) is 0 Å². The van der Waals surface area contributed by atoms with Crippen LogP contribution in [-0.4, -0.2) is 44.0 Å². The number of aromatic nitrogens is 1. The first-order valence-electron chi connectivity index (χ1n) is 11.2. The van der Waals surface area contributed by atoms with Gasteiger partial charge in [0.1, 0.15) is 5.82 Å². The minimum absolute atomic E-state index is 0.219. The van der Waals surface area contributed by atoms with Gasteiger partial charge in [-0.05, 0) is 37.5 Å². The highest BCUT2D eigenvalue weighted by Gasteiger charge is 2.16. The molecule has 170 valence electrons. The molecule has 2 heterocycles. The summed E-state index contributed by atoms with van der Waals surface area (Å²) in [7, 11) is 0. The number of benzene rings is 1. The van der Waals surface area contributed by atoms with Gasteiger partial charge in [-0.1, -0.05) is 25.1 Å². The van der Waals surface area contributed by atoms with Crippen LogP contribution in [0.25, 0.3) is 0 Å². The Hall–Kier alpha value is -2.61. The van der Waals surface area contributed by atoms with Crippen LogP contribution in [-0.2, 0) is 17.8 Å². The van der Waals surface area contributed by atoms with Gasteiger partial charge in [-0.25, -0.2) is 9.38 Å². The van der Waals surface area contributed by atoms with E-state index >= 15 is 0 Å². The molecule has 31 heavy (non-hydrogen) atoms. The fourth-order valence-electron chi connectivity index (χ4n) is 3.70. The van der Waals surface area contributed by atoms with Crippen LogP contribution in [0.2, 0.25) is 0 Å². The minimum atomic E-state index is -0.219. The lowest BCUT2D eigenvalue weighted by Crippen LogP contribution is -2.37. The van der Waals surface area contributed by atoms with E-state index in [-0.39, 0.29) is 5.82 Å². The second-order valence-corrected chi connectivity index (χ2v) is 7.67. The average molecular weight is 432 g/mol. The molecule has 7 nitrogen and oxygen atoms in total. The van der Waals surface area contributed by atoms with Gasteiger partial charge in [-0.3, -0.25) is 0 Å². The Bertz CT molecular complexity index is 844. The molecule has 0 saturated carbocycles. The molecule has 0 atom stereocenters. The number of nitrogens with zero attached hydrogens (tertiary/aromatic N) is 3. The number of hydrogen-bond acceptors (Lipinski definition) is 5. The van der Waals surface area contributed by atoms with Crippen LogP contribution in [0.15, 0.2) is 33.8 Å². The zero-order valence-electron chi connectivity index (χ0n) is 18.8. The molecule has 1 aromatic carbocycles. The van der Waals surface area contributed by atoms with E-state index in [0.717, 1.165) is 36.4 Å². The zero-order valence-corrected chi connectivity index (χ0v) is 18.8. The predicted molar refractivity (Wildman–Crippen MR) is 121 cm³/mol. The lowest BCUT2D eigenvalue weighted by atomic mass is 9.99. The number of halogens is 1. The number of guanidine groups is 1. The molecular formula is C23H34FN5O2. The summed E-state index contributed by atoms with van der Waals surface area (Å²) in [6, 6.07) is 7.34. The molecular weight excluding hydrogens is 397 g/mol. The zero-order chi connectivity index (χ0) is 22.1. The van der Waals surface area contributed by atoms with Crippen molar-refractivity contribution in [2.24, 2.45) is 4.99 Å². The highest BCUT2D eigenvalue weighted by molar-refractivity contribution is 5.79. The SMILES string of the molecule is CCNC(=NCc1ccc(N2CCOCC2)c(F)c1)NCc1cc(C(CC)CC)no1. The van der Waals surface area contributed by atoms with Gasteiger partial charge in [0.2, 0.25) is 0 Å². The molecule has 0 amide bonds. The van der Waals surface area contributed by atoms with E-state index in [9.17, 15) is 4.39 Å². The van der Waals surface area contributed by atoms with Crippen LogP contribution in [0, 0.1) is 5.82 Å². The molecule has 0 spiro atoms. The topological polar surface area (TPSA) is 74.9 Å². The van der Waals surface area contributed by atoms with Gasteiger partial charge in [-0.2, -0.15) is 0 Å². The molecule has 2 aromatic rings. The normalized spacial score (nSPS) is 14.9. The molecule has 0 radical (unpaired) electrons. The first-order valence-corrected chi connectivity index (χ1v) is 11.2. The lowest BCUT2D eigenvalue weighted by molar-refractivity contribution is 0.122. The fourth-order valence-corrected chi connectivity index (χ4v) is 3.70. The number of ether oxygens (including phenoxy) is 1. The fraction of sp³-hybridized carbons (Fsp3) is 0.565. The van der Waals surface area contributed by atoms with Gasteiger partial charge in [0, 0.05) is 31.6 Å². The Labute approximate surface area is 184 Å². The highest BCUT2D eigenvalue weighted by Crippen LogP contribution is 2.23. The molecule has 1 aromatic heterocycles. The van der Waals surface area contributed by atoms with Crippen molar-refractivity contribution in [1.82, 2.24) is 15.8 Å². The standard InChI is InChI=1S/C23H34FN5O2/c1-4-18(5-2)21-14-19(31-28-21)16-27-23(25-6-3)26-15-17-7-8-22(20(24)13-17)29-9-11-30-12-10-29/h7-8,13-14,18H,4-6,9-12,15-16H2,1-3H3,(H2,25,26,27). The Morgan fingerprint density at radius 1 is 1.16 bits per heavy atom. The second kappa shape index (κ2) is 11.7. The van der Waals surface area contributed by atoms with Crippen molar-refractivity contribution in [2.75, 3.05) is 37.7 Å². The van der Waals surface area contributed by atoms with E-state index in [1.165, 1.54) is 0 Å². The predicted octanol–water partition coefficient (Wildman–Crippen LogP) is 3.81.